The topological polar surface area (TPSA) is 118 Å². The Morgan fingerprint density at radius 1 is 1.24 bits per heavy atom. The van der Waals surface area contributed by atoms with Gasteiger partial charge in [0.25, 0.3) is 11.5 Å². The fraction of sp³-hybridized carbons (Fsp3) is 0.300. The van der Waals surface area contributed by atoms with E-state index in [-0.39, 0.29) is 17.2 Å². The Bertz CT molecular complexity index is 1150. The highest BCUT2D eigenvalue weighted by Gasteiger charge is 2.23. The number of hydrogen-bond acceptors (Lipinski definition) is 6. The number of benzene rings is 1. The van der Waals surface area contributed by atoms with Crippen molar-refractivity contribution in [2.75, 3.05) is 12.5 Å². The van der Waals surface area contributed by atoms with Gasteiger partial charge in [-0.25, -0.2) is 9.78 Å². The quantitative estimate of drug-likeness (QED) is 0.433. The Labute approximate surface area is 167 Å². The maximum absolute atomic E-state index is 12.7. The summed E-state index contributed by atoms with van der Waals surface area (Å²) in [5.41, 5.74) is 7.31. The molecular weight excluding hydrogens is 374 g/mol. The maximum atomic E-state index is 12.7. The number of fused-ring (bicyclic) bond motifs is 1. The molecule has 0 aliphatic heterocycles. The number of rotatable bonds is 6. The normalized spacial score (nSPS) is 10.8. The van der Waals surface area contributed by atoms with Gasteiger partial charge in [-0.2, -0.15) is 0 Å². The summed E-state index contributed by atoms with van der Waals surface area (Å²) in [6.07, 6.45) is 0.535. The largest absolute Gasteiger partial charge is 0.465 e. The van der Waals surface area contributed by atoms with E-state index in [0.29, 0.717) is 40.7 Å². The third-order valence-electron chi connectivity index (χ3n) is 4.76. The van der Waals surface area contributed by atoms with Gasteiger partial charge in [-0.05, 0) is 38.0 Å². The summed E-state index contributed by atoms with van der Waals surface area (Å²) < 4.78 is 6.24. The molecule has 3 rings (SSSR count). The summed E-state index contributed by atoms with van der Waals surface area (Å²) in [7, 11) is 1.30. The molecule has 0 bridgehead atoms. The number of esters is 1. The van der Waals surface area contributed by atoms with Gasteiger partial charge in [-0.15, -0.1) is 0 Å². The molecule has 2 heterocycles. The van der Waals surface area contributed by atoms with E-state index in [1.165, 1.54) is 11.7 Å². The molecule has 3 aromatic rings. The number of carbonyl (C=O) groups is 2. The van der Waals surface area contributed by atoms with Gasteiger partial charge in [0.2, 0.25) is 5.95 Å². The van der Waals surface area contributed by atoms with E-state index in [1.807, 2.05) is 13.8 Å². The van der Waals surface area contributed by atoms with Crippen LogP contribution in [0.25, 0.3) is 10.9 Å². The number of hydrogen-bond donors (Lipinski definition) is 3. The SMILES string of the molecule is CCc1[nH]c(C(=O)NNc2nc3ccccc3c(=O)n2CC)c(C)c1C(=O)OC. The van der Waals surface area contributed by atoms with Gasteiger partial charge >= 0.3 is 5.97 Å². The molecule has 0 saturated heterocycles. The minimum Gasteiger partial charge on any atom is -0.465 e. The lowest BCUT2D eigenvalue weighted by molar-refractivity contribution is 0.0599. The lowest BCUT2D eigenvalue weighted by atomic mass is 10.1. The molecule has 9 nitrogen and oxygen atoms in total. The number of aromatic amines is 1. The van der Waals surface area contributed by atoms with E-state index >= 15 is 0 Å². The molecule has 9 heteroatoms. The van der Waals surface area contributed by atoms with E-state index < -0.39 is 11.9 Å². The standard InChI is InChI=1S/C20H23N5O4/c1-5-13-15(19(28)29-4)11(3)16(21-13)17(26)23-24-20-22-14-10-8-7-9-12(14)18(27)25(20)6-2/h7-10,21H,5-6H2,1-4H3,(H,22,24)(H,23,26). The molecule has 0 aliphatic rings. The number of amides is 1. The van der Waals surface area contributed by atoms with Crippen molar-refractivity contribution in [2.45, 2.75) is 33.7 Å². The van der Waals surface area contributed by atoms with Crippen LogP contribution in [0.15, 0.2) is 29.1 Å². The molecule has 2 aromatic heterocycles. The minimum absolute atomic E-state index is 0.202. The van der Waals surface area contributed by atoms with Crippen LogP contribution in [0.3, 0.4) is 0 Å². The molecule has 0 saturated carbocycles. The second-order valence-electron chi connectivity index (χ2n) is 6.40. The number of ether oxygens (including phenoxy) is 1. The van der Waals surface area contributed by atoms with Crippen LogP contribution >= 0.6 is 0 Å². The maximum Gasteiger partial charge on any atom is 0.339 e. The van der Waals surface area contributed by atoms with E-state index in [4.69, 9.17) is 4.74 Å². The van der Waals surface area contributed by atoms with Crippen molar-refractivity contribution >= 4 is 28.7 Å². The predicted octanol–water partition coefficient (Wildman–Crippen LogP) is 2.16. The third kappa shape index (κ3) is 3.58. The van der Waals surface area contributed by atoms with E-state index in [9.17, 15) is 14.4 Å². The van der Waals surface area contributed by atoms with Crippen LogP contribution < -0.4 is 16.4 Å². The van der Waals surface area contributed by atoms with Crippen molar-refractivity contribution in [3.63, 3.8) is 0 Å². The van der Waals surface area contributed by atoms with E-state index in [2.05, 4.69) is 20.8 Å². The summed E-state index contributed by atoms with van der Waals surface area (Å²) in [6, 6.07) is 7.01. The van der Waals surface area contributed by atoms with Crippen LogP contribution in [0.2, 0.25) is 0 Å². The highest BCUT2D eigenvalue weighted by atomic mass is 16.5. The summed E-state index contributed by atoms with van der Waals surface area (Å²) in [5.74, 6) is -0.770. The first-order chi connectivity index (χ1) is 13.9. The highest BCUT2D eigenvalue weighted by Crippen LogP contribution is 2.20. The zero-order valence-electron chi connectivity index (χ0n) is 16.8. The van der Waals surface area contributed by atoms with Crippen molar-refractivity contribution in [3.8, 4) is 0 Å². The van der Waals surface area contributed by atoms with Gasteiger partial charge < -0.3 is 9.72 Å². The minimum atomic E-state index is -0.501. The van der Waals surface area contributed by atoms with Crippen LogP contribution in [0.5, 0.6) is 0 Å². The van der Waals surface area contributed by atoms with Crippen LogP contribution in [0.1, 0.15) is 46.0 Å². The number of anilines is 1. The molecular formula is C20H23N5O4. The number of H-pyrrole nitrogens is 1. The fourth-order valence-corrected chi connectivity index (χ4v) is 3.26. The summed E-state index contributed by atoms with van der Waals surface area (Å²) in [5, 5.41) is 0.502. The summed E-state index contributed by atoms with van der Waals surface area (Å²) >= 11 is 0. The van der Waals surface area contributed by atoms with Crippen molar-refractivity contribution in [1.82, 2.24) is 20.0 Å². The third-order valence-corrected chi connectivity index (χ3v) is 4.76. The van der Waals surface area contributed by atoms with Crippen molar-refractivity contribution in [2.24, 2.45) is 0 Å². The Morgan fingerprint density at radius 3 is 2.62 bits per heavy atom. The second-order valence-corrected chi connectivity index (χ2v) is 6.40. The monoisotopic (exact) mass is 397 g/mol. The first-order valence-corrected chi connectivity index (χ1v) is 9.28. The molecule has 152 valence electrons. The predicted molar refractivity (Wildman–Crippen MR) is 109 cm³/mol. The zero-order valence-corrected chi connectivity index (χ0v) is 16.8. The molecule has 0 unspecified atom stereocenters. The number of hydrazine groups is 1. The summed E-state index contributed by atoms with van der Waals surface area (Å²) in [4.78, 5) is 44.8. The smallest absolute Gasteiger partial charge is 0.339 e. The summed E-state index contributed by atoms with van der Waals surface area (Å²) in [6.45, 7) is 5.74. The van der Waals surface area contributed by atoms with E-state index in [0.717, 1.165) is 0 Å². The van der Waals surface area contributed by atoms with Crippen LogP contribution in [0, 0.1) is 6.92 Å². The van der Waals surface area contributed by atoms with Gasteiger partial charge in [0.05, 0.1) is 23.6 Å². The fourth-order valence-electron chi connectivity index (χ4n) is 3.26. The first kappa shape index (κ1) is 20.1. The number of nitrogens with zero attached hydrogens (tertiary/aromatic N) is 2. The van der Waals surface area contributed by atoms with Gasteiger partial charge in [-0.1, -0.05) is 19.1 Å². The number of aryl methyl sites for hydroxylation is 1. The second kappa shape index (κ2) is 8.17. The van der Waals surface area contributed by atoms with Crippen molar-refractivity contribution < 1.29 is 14.3 Å². The molecule has 0 radical (unpaired) electrons. The molecule has 1 amide bonds. The number of carbonyl (C=O) groups excluding carboxylic acids is 2. The average molecular weight is 397 g/mol. The van der Waals surface area contributed by atoms with Gasteiger partial charge in [0, 0.05) is 12.2 Å². The molecule has 0 spiro atoms. The first-order valence-electron chi connectivity index (χ1n) is 9.28. The Kier molecular flexibility index (Phi) is 5.67. The number of nitrogens with one attached hydrogen (secondary N) is 3. The van der Waals surface area contributed by atoms with Crippen LogP contribution in [-0.2, 0) is 17.7 Å². The highest BCUT2D eigenvalue weighted by molar-refractivity contribution is 6.00. The Hall–Kier alpha value is -3.62. The van der Waals surface area contributed by atoms with Gasteiger partial charge in [0.15, 0.2) is 0 Å². The zero-order chi connectivity index (χ0) is 21.1. The average Bonchev–Trinajstić information content (AvgIpc) is 3.08. The van der Waals surface area contributed by atoms with Crippen LogP contribution in [-0.4, -0.2) is 33.5 Å². The van der Waals surface area contributed by atoms with Gasteiger partial charge in [-0.3, -0.25) is 25.0 Å². The molecule has 0 atom stereocenters. The molecule has 29 heavy (non-hydrogen) atoms. The number of aromatic nitrogens is 3. The Balaban J connectivity index is 1.91. The Morgan fingerprint density at radius 2 is 1.97 bits per heavy atom. The number of methoxy groups -OCH3 is 1. The molecule has 1 aromatic carbocycles. The van der Waals surface area contributed by atoms with Crippen LogP contribution in [0.4, 0.5) is 5.95 Å². The molecule has 0 fully saturated rings. The number of para-hydroxylation sites is 1. The lowest BCUT2D eigenvalue weighted by Crippen LogP contribution is -2.34. The van der Waals surface area contributed by atoms with E-state index in [1.54, 1.807) is 31.2 Å². The van der Waals surface area contributed by atoms with Crippen molar-refractivity contribution in [3.05, 3.63) is 57.1 Å². The van der Waals surface area contributed by atoms with Crippen molar-refractivity contribution in [1.29, 1.82) is 0 Å². The molecule has 0 aliphatic carbocycles. The molecule has 3 N–H and O–H groups in total. The lowest BCUT2D eigenvalue weighted by Gasteiger charge is -2.14. The van der Waals surface area contributed by atoms with Gasteiger partial charge in [0.1, 0.15) is 5.69 Å².